The number of hydrogen-bond acceptors (Lipinski definition) is 5. The van der Waals surface area contributed by atoms with Gasteiger partial charge in [0.2, 0.25) is 11.8 Å². The van der Waals surface area contributed by atoms with Gasteiger partial charge in [-0.05, 0) is 47.9 Å². The zero-order chi connectivity index (χ0) is 26.7. The van der Waals surface area contributed by atoms with Crippen molar-refractivity contribution in [3.05, 3.63) is 77.1 Å². The Bertz CT molecular complexity index is 1370. The molecule has 0 aliphatic carbocycles. The maximum absolute atomic E-state index is 14.0. The SMILES string of the molecule is COc1c(C#N)cc2ccccc2c1CNC(=O)C(C)(c1ccc(F)cc1)N1CCC(N(C)C(C)=O)C1. The molecule has 3 aromatic carbocycles. The van der Waals surface area contributed by atoms with Gasteiger partial charge in [0, 0.05) is 45.2 Å². The molecule has 0 saturated carbocycles. The second-order valence-electron chi connectivity index (χ2n) is 9.55. The van der Waals surface area contributed by atoms with E-state index in [1.807, 2.05) is 36.1 Å². The smallest absolute Gasteiger partial charge is 0.245 e. The zero-order valence-corrected chi connectivity index (χ0v) is 21.5. The number of ether oxygens (including phenoxy) is 1. The predicted octanol–water partition coefficient (Wildman–Crippen LogP) is 3.94. The van der Waals surface area contributed by atoms with E-state index in [0.29, 0.717) is 35.5 Å². The second-order valence-corrected chi connectivity index (χ2v) is 9.55. The quantitative estimate of drug-likeness (QED) is 0.529. The van der Waals surface area contributed by atoms with E-state index in [4.69, 9.17) is 4.74 Å². The van der Waals surface area contributed by atoms with Gasteiger partial charge in [0.05, 0.1) is 12.7 Å². The minimum atomic E-state index is -1.12. The van der Waals surface area contributed by atoms with E-state index in [0.717, 1.165) is 17.2 Å². The fraction of sp³-hybridized carbons (Fsp3) is 0.345. The summed E-state index contributed by atoms with van der Waals surface area (Å²) in [6.07, 6.45) is 0.725. The highest BCUT2D eigenvalue weighted by atomic mass is 19.1. The summed E-state index contributed by atoms with van der Waals surface area (Å²) < 4.78 is 19.4. The summed E-state index contributed by atoms with van der Waals surface area (Å²) in [5.74, 6) is -0.254. The first kappa shape index (κ1) is 26.1. The van der Waals surface area contributed by atoms with E-state index >= 15 is 0 Å². The Balaban J connectivity index is 1.69. The van der Waals surface area contributed by atoms with Gasteiger partial charge in [0.25, 0.3) is 0 Å². The van der Waals surface area contributed by atoms with Crippen LogP contribution in [0.15, 0.2) is 54.6 Å². The first-order chi connectivity index (χ1) is 17.7. The lowest BCUT2D eigenvalue weighted by molar-refractivity contribution is -0.133. The molecular weight excluding hydrogens is 471 g/mol. The number of nitrogens with zero attached hydrogens (tertiary/aromatic N) is 3. The van der Waals surface area contributed by atoms with Crippen molar-refractivity contribution in [2.45, 2.75) is 38.4 Å². The molecule has 4 rings (SSSR count). The van der Waals surface area contributed by atoms with Crippen LogP contribution in [0.2, 0.25) is 0 Å². The summed E-state index contributed by atoms with van der Waals surface area (Å²) in [5, 5.41) is 14.5. The number of carbonyl (C=O) groups excluding carboxylic acids is 2. The van der Waals surface area contributed by atoms with Crippen LogP contribution in [0.1, 0.15) is 37.0 Å². The number of likely N-dealkylation sites (N-methyl/N-ethyl adjacent to an activating group) is 1. The van der Waals surface area contributed by atoms with Crippen LogP contribution in [-0.4, -0.2) is 54.9 Å². The van der Waals surface area contributed by atoms with Gasteiger partial charge in [0.1, 0.15) is 23.2 Å². The van der Waals surface area contributed by atoms with Crippen LogP contribution >= 0.6 is 0 Å². The van der Waals surface area contributed by atoms with Crippen LogP contribution in [0.3, 0.4) is 0 Å². The number of nitriles is 1. The van der Waals surface area contributed by atoms with Gasteiger partial charge < -0.3 is 15.0 Å². The van der Waals surface area contributed by atoms with Gasteiger partial charge in [-0.3, -0.25) is 14.5 Å². The summed E-state index contributed by atoms with van der Waals surface area (Å²) in [5.41, 5.74) is 0.639. The highest BCUT2D eigenvalue weighted by Gasteiger charge is 2.45. The fourth-order valence-electron chi connectivity index (χ4n) is 5.19. The lowest BCUT2D eigenvalue weighted by Crippen LogP contribution is -2.54. The van der Waals surface area contributed by atoms with Gasteiger partial charge >= 0.3 is 0 Å². The minimum absolute atomic E-state index is 0.0265. The predicted molar refractivity (Wildman–Crippen MR) is 139 cm³/mol. The maximum atomic E-state index is 14.0. The Morgan fingerprint density at radius 3 is 2.59 bits per heavy atom. The van der Waals surface area contributed by atoms with Gasteiger partial charge in [-0.15, -0.1) is 0 Å². The van der Waals surface area contributed by atoms with E-state index < -0.39 is 5.54 Å². The van der Waals surface area contributed by atoms with Crippen LogP contribution < -0.4 is 10.1 Å². The summed E-state index contributed by atoms with van der Waals surface area (Å²) in [6, 6.07) is 17.5. The molecule has 3 aromatic rings. The molecule has 7 nitrogen and oxygen atoms in total. The Hall–Kier alpha value is -3.96. The molecule has 192 valence electrons. The molecule has 1 heterocycles. The number of rotatable bonds is 7. The van der Waals surface area contributed by atoms with E-state index in [9.17, 15) is 19.2 Å². The number of methoxy groups -OCH3 is 1. The first-order valence-corrected chi connectivity index (χ1v) is 12.2. The molecule has 0 bridgehead atoms. The molecule has 1 saturated heterocycles. The Morgan fingerprint density at radius 1 is 1.24 bits per heavy atom. The van der Waals surface area contributed by atoms with Gasteiger partial charge in [-0.25, -0.2) is 4.39 Å². The number of benzene rings is 3. The third-order valence-electron chi connectivity index (χ3n) is 7.54. The van der Waals surface area contributed by atoms with Crippen molar-refractivity contribution < 1.29 is 18.7 Å². The average molecular weight is 503 g/mol. The molecular formula is C29H31FN4O3. The molecule has 1 N–H and O–H groups in total. The van der Waals surface area contributed by atoms with Crippen molar-refractivity contribution in [3.8, 4) is 11.8 Å². The van der Waals surface area contributed by atoms with Crippen LogP contribution in [0.25, 0.3) is 10.8 Å². The van der Waals surface area contributed by atoms with Crippen molar-refractivity contribution in [2.75, 3.05) is 27.2 Å². The van der Waals surface area contributed by atoms with Gasteiger partial charge in [0.15, 0.2) is 0 Å². The van der Waals surface area contributed by atoms with Crippen LogP contribution in [0, 0.1) is 17.1 Å². The highest BCUT2D eigenvalue weighted by Crippen LogP contribution is 2.35. The molecule has 1 aliphatic heterocycles. The number of fused-ring (bicyclic) bond motifs is 1. The highest BCUT2D eigenvalue weighted by molar-refractivity contribution is 5.91. The molecule has 2 unspecified atom stereocenters. The van der Waals surface area contributed by atoms with Crippen molar-refractivity contribution in [2.24, 2.45) is 0 Å². The van der Waals surface area contributed by atoms with Crippen LogP contribution in [0.5, 0.6) is 5.75 Å². The third-order valence-corrected chi connectivity index (χ3v) is 7.54. The molecule has 0 radical (unpaired) electrons. The number of amides is 2. The number of hydrogen-bond donors (Lipinski definition) is 1. The second kappa shape index (κ2) is 10.6. The third kappa shape index (κ3) is 4.87. The standard InChI is InChI=1S/C29H31FN4O3/c1-19(35)33(3)24-13-14-34(18-24)29(2,22-9-11-23(30)12-10-22)28(36)32-17-26-25-8-6-5-7-20(25)15-21(16-31)27(26)37-4/h5-12,15,24H,13-14,17-18H2,1-4H3,(H,32,36). The fourth-order valence-corrected chi connectivity index (χ4v) is 5.19. The van der Waals surface area contributed by atoms with Crippen molar-refractivity contribution >= 4 is 22.6 Å². The molecule has 0 aromatic heterocycles. The summed E-state index contributed by atoms with van der Waals surface area (Å²) in [6.45, 7) is 4.60. The van der Waals surface area contributed by atoms with Crippen LogP contribution in [-0.2, 0) is 21.7 Å². The number of likely N-dealkylation sites (tertiary alicyclic amines) is 1. The maximum Gasteiger partial charge on any atom is 0.245 e. The van der Waals surface area contributed by atoms with Crippen molar-refractivity contribution in [1.29, 1.82) is 5.26 Å². The molecule has 0 spiro atoms. The zero-order valence-electron chi connectivity index (χ0n) is 21.5. The molecule has 2 atom stereocenters. The number of carbonyl (C=O) groups is 2. The first-order valence-electron chi connectivity index (χ1n) is 12.2. The Labute approximate surface area is 216 Å². The van der Waals surface area contributed by atoms with Crippen LogP contribution in [0.4, 0.5) is 4.39 Å². The van der Waals surface area contributed by atoms with Crippen molar-refractivity contribution in [3.63, 3.8) is 0 Å². The number of nitrogens with one attached hydrogen (secondary N) is 1. The molecule has 8 heteroatoms. The normalized spacial score (nSPS) is 17.1. The van der Waals surface area contributed by atoms with Gasteiger partial charge in [-0.2, -0.15) is 5.26 Å². The topological polar surface area (TPSA) is 85.7 Å². The lowest BCUT2D eigenvalue weighted by atomic mass is 9.88. The summed E-state index contributed by atoms with van der Waals surface area (Å²) in [4.78, 5) is 29.7. The van der Waals surface area contributed by atoms with E-state index in [1.165, 1.54) is 26.2 Å². The molecule has 2 amide bonds. The van der Waals surface area contributed by atoms with Gasteiger partial charge in [-0.1, -0.05) is 36.4 Å². The van der Waals surface area contributed by atoms with E-state index in [-0.39, 0.29) is 30.2 Å². The average Bonchev–Trinajstić information content (AvgIpc) is 3.41. The molecule has 1 fully saturated rings. The Morgan fingerprint density at radius 2 is 1.95 bits per heavy atom. The summed E-state index contributed by atoms with van der Waals surface area (Å²) >= 11 is 0. The number of halogens is 1. The largest absolute Gasteiger partial charge is 0.495 e. The van der Waals surface area contributed by atoms with E-state index in [1.54, 1.807) is 30.1 Å². The lowest BCUT2D eigenvalue weighted by Gasteiger charge is -2.38. The van der Waals surface area contributed by atoms with Crippen molar-refractivity contribution in [1.82, 2.24) is 15.1 Å². The monoisotopic (exact) mass is 502 g/mol. The van der Waals surface area contributed by atoms with E-state index in [2.05, 4.69) is 11.4 Å². The minimum Gasteiger partial charge on any atom is -0.495 e. The molecule has 37 heavy (non-hydrogen) atoms. The molecule has 1 aliphatic rings. The summed E-state index contributed by atoms with van der Waals surface area (Å²) in [7, 11) is 3.28. The Kier molecular flexibility index (Phi) is 7.46.